The fourth-order valence-electron chi connectivity index (χ4n) is 1.94. The molecule has 1 aliphatic heterocycles. The fraction of sp³-hybridized carbons (Fsp3) is 0.538. The molecule has 0 amide bonds. The number of Topliss-reactive ketones (excluding diaryl/α,β-unsaturated/α-hetero) is 1. The molecule has 2 heterocycles. The highest BCUT2D eigenvalue weighted by Gasteiger charge is 2.29. The molecule has 16 heavy (non-hydrogen) atoms. The summed E-state index contributed by atoms with van der Waals surface area (Å²) in [7, 11) is 0. The number of fused-ring (bicyclic) bond motifs is 1. The van der Waals surface area contributed by atoms with Crippen molar-refractivity contribution in [3.63, 3.8) is 0 Å². The molecule has 1 aromatic heterocycles. The van der Waals surface area contributed by atoms with Crippen LogP contribution in [0.2, 0.25) is 0 Å². The molecule has 0 radical (unpaired) electrons. The van der Waals surface area contributed by atoms with E-state index in [0.717, 1.165) is 17.1 Å². The molecule has 1 atom stereocenters. The fourth-order valence-corrected chi connectivity index (χ4v) is 1.94. The molecule has 0 spiro atoms. The Morgan fingerprint density at radius 3 is 3.00 bits per heavy atom. The largest absolute Gasteiger partial charge is 0.480 e. The Morgan fingerprint density at radius 2 is 2.31 bits per heavy atom. The first-order valence-corrected chi connectivity index (χ1v) is 5.72. The Labute approximate surface area is 95.8 Å². The van der Waals surface area contributed by atoms with Gasteiger partial charge in [0.05, 0.1) is 5.69 Å². The Morgan fingerprint density at radius 1 is 1.56 bits per heavy atom. The van der Waals surface area contributed by atoms with E-state index in [4.69, 9.17) is 4.74 Å². The summed E-state index contributed by atoms with van der Waals surface area (Å²) >= 11 is 0. The average molecular weight is 219 g/mol. The van der Waals surface area contributed by atoms with Crippen LogP contribution in [0.5, 0.6) is 5.75 Å². The van der Waals surface area contributed by atoms with Gasteiger partial charge in [-0.15, -0.1) is 0 Å². The van der Waals surface area contributed by atoms with E-state index >= 15 is 0 Å². The summed E-state index contributed by atoms with van der Waals surface area (Å²) in [6.45, 7) is 6.04. The van der Waals surface area contributed by atoms with Crippen LogP contribution in [0.15, 0.2) is 12.1 Å². The molecule has 3 nitrogen and oxygen atoms in total. The number of aryl methyl sites for hydroxylation is 1. The van der Waals surface area contributed by atoms with E-state index in [9.17, 15) is 4.79 Å². The van der Waals surface area contributed by atoms with Gasteiger partial charge in [-0.3, -0.25) is 9.78 Å². The van der Waals surface area contributed by atoms with E-state index in [1.165, 1.54) is 0 Å². The van der Waals surface area contributed by atoms with Crippen LogP contribution >= 0.6 is 0 Å². The van der Waals surface area contributed by atoms with Crippen molar-refractivity contribution >= 4 is 5.78 Å². The van der Waals surface area contributed by atoms with E-state index in [2.05, 4.69) is 4.98 Å². The number of pyridine rings is 1. The summed E-state index contributed by atoms with van der Waals surface area (Å²) in [4.78, 5) is 16.2. The van der Waals surface area contributed by atoms with Crippen LogP contribution in [0, 0.1) is 12.8 Å². The molecule has 0 saturated heterocycles. The molecular formula is C13H17NO2. The van der Waals surface area contributed by atoms with Crippen LogP contribution in [0.4, 0.5) is 0 Å². The van der Waals surface area contributed by atoms with Crippen LogP contribution in [0.25, 0.3) is 0 Å². The van der Waals surface area contributed by atoms with E-state index < -0.39 is 0 Å². The summed E-state index contributed by atoms with van der Waals surface area (Å²) in [5, 5.41) is 0. The lowest BCUT2D eigenvalue weighted by Crippen LogP contribution is -2.26. The van der Waals surface area contributed by atoms with Crippen LogP contribution in [-0.4, -0.2) is 16.9 Å². The quantitative estimate of drug-likeness (QED) is 0.783. The number of rotatable bonds is 3. The molecule has 86 valence electrons. The van der Waals surface area contributed by atoms with Gasteiger partial charge in [0, 0.05) is 18.5 Å². The summed E-state index contributed by atoms with van der Waals surface area (Å²) in [5.41, 5.74) is 1.89. The highest BCUT2D eigenvalue weighted by molar-refractivity contribution is 5.84. The van der Waals surface area contributed by atoms with E-state index in [1.807, 2.05) is 32.9 Å². The lowest BCUT2D eigenvalue weighted by atomic mass is 10.0. The van der Waals surface area contributed by atoms with Gasteiger partial charge >= 0.3 is 0 Å². The maximum absolute atomic E-state index is 11.9. The lowest BCUT2D eigenvalue weighted by molar-refractivity contribution is -0.125. The molecule has 0 N–H and O–H groups in total. The minimum atomic E-state index is -0.313. The molecule has 2 rings (SSSR count). The second-order valence-corrected chi connectivity index (χ2v) is 4.77. The number of ether oxygens (including phenoxy) is 1. The van der Waals surface area contributed by atoms with Gasteiger partial charge < -0.3 is 4.74 Å². The standard InChI is InChI=1S/C13H17NO2/c1-8(2)6-11(15)13-7-10-12(16-13)5-4-9(3)14-10/h4-5,8,13H,6-7H2,1-3H3. The molecule has 1 aliphatic rings. The second kappa shape index (κ2) is 4.24. The van der Waals surface area contributed by atoms with Crippen molar-refractivity contribution in [1.82, 2.24) is 4.98 Å². The van der Waals surface area contributed by atoms with Crippen molar-refractivity contribution in [3.8, 4) is 5.75 Å². The van der Waals surface area contributed by atoms with Gasteiger partial charge in [0.1, 0.15) is 5.75 Å². The van der Waals surface area contributed by atoms with Crippen molar-refractivity contribution in [3.05, 3.63) is 23.5 Å². The first-order valence-electron chi connectivity index (χ1n) is 5.72. The van der Waals surface area contributed by atoms with Crippen molar-refractivity contribution in [1.29, 1.82) is 0 Å². The number of nitrogens with zero attached hydrogens (tertiary/aromatic N) is 1. The number of aromatic nitrogens is 1. The number of carbonyl (C=O) groups is 1. The lowest BCUT2D eigenvalue weighted by Gasteiger charge is -2.10. The van der Waals surface area contributed by atoms with Crippen molar-refractivity contribution in [2.45, 2.75) is 39.7 Å². The smallest absolute Gasteiger partial charge is 0.173 e. The summed E-state index contributed by atoms with van der Waals surface area (Å²) in [6, 6.07) is 3.81. The van der Waals surface area contributed by atoms with Gasteiger partial charge in [-0.2, -0.15) is 0 Å². The monoisotopic (exact) mass is 219 g/mol. The van der Waals surface area contributed by atoms with Crippen LogP contribution in [0.1, 0.15) is 31.7 Å². The zero-order valence-corrected chi connectivity index (χ0v) is 9.99. The second-order valence-electron chi connectivity index (χ2n) is 4.77. The van der Waals surface area contributed by atoms with Gasteiger partial charge in [-0.25, -0.2) is 0 Å². The molecular weight excluding hydrogens is 202 g/mol. The minimum Gasteiger partial charge on any atom is -0.480 e. The summed E-state index contributed by atoms with van der Waals surface area (Å²) < 4.78 is 5.61. The average Bonchev–Trinajstić information content (AvgIpc) is 2.59. The Kier molecular flexibility index (Phi) is 2.95. The molecule has 0 saturated carbocycles. The van der Waals surface area contributed by atoms with E-state index in [1.54, 1.807) is 0 Å². The van der Waals surface area contributed by atoms with Gasteiger partial charge in [0.2, 0.25) is 0 Å². The van der Waals surface area contributed by atoms with Crippen molar-refractivity contribution in [2.75, 3.05) is 0 Å². The highest BCUT2D eigenvalue weighted by atomic mass is 16.5. The highest BCUT2D eigenvalue weighted by Crippen LogP contribution is 2.28. The third-order valence-electron chi connectivity index (χ3n) is 2.69. The SMILES string of the molecule is Cc1ccc2c(n1)CC(C(=O)CC(C)C)O2. The van der Waals surface area contributed by atoms with Crippen molar-refractivity contribution < 1.29 is 9.53 Å². The molecule has 0 aliphatic carbocycles. The third-order valence-corrected chi connectivity index (χ3v) is 2.69. The Balaban J connectivity index is 2.08. The molecule has 1 aromatic rings. The molecule has 0 bridgehead atoms. The maximum atomic E-state index is 11.9. The number of carbonyl (C=O) groups excluding carboxylic acids is 1. The van der Waals surface area contributed by atoms with Gasteiger partial charge in [-0.05, 0) is 25.0 Å². The molecule has 1 unspecified atom stereocenters. The van der Waals surface area contributed by atoms with Crippen molar-refractivity contribution in [2.24, 2.45) is 5.92 Å². The summed E-state index contributed by atoms with van der Waals surface area (Å²) in [5.74, 6) is 1.34. The number of hydrogen-bond acceptors (Lipinski definition) is 3. The number of hydrogen-bond donors (Lipinski definition) is 0. The zero-order valence-electron chi connectivity index (χ0n) is 9.99. The van der Waals surface area contributed by atoms with E-state index in [-0.39, 0.29) is 11.9 Å². The minimum absolute atomic E-state index is 0.186. The predicted molar refractivity (Wildman–Crippen MR) is 61.6 cm³/mol. The Bertz CT molecular complexity index is 412. The topological polar surface area (TPSA) is 39.2 Å². The normalized spacial score (nSPS) is 18.4. The van der Waals surface area contributed by atoms with Crippen LogP contribution in [0.3, 0.4) is 0 Å². The Hall–Kier alpha value is -1.38. The summed E-state index contributed by atoms with van der Waals surface area (Å²) in [6.07, 6.45) is 0.895. The third kappa shape index (κ3) is 2.23. The molecule has 0 fully saturated rings. The predicted octanol–water partition coefficient (Wildman–Crippen LogP) is 2.31. The van der Waals surface area contributed by atoms with Gasteiger partial charge in [0.25, 0.3) is 0 Å². The van der Waals surface area contributed by atoms with Gasteiger partial charge in [-0.1, -0.05) is 13.8 Å². The number of ketones is 1. The first-order chi connectivity index (χ1) is 7.56. The van der Waals surface area contributed by atoms with Crippen LogP contribution in [-0.2, 0) is 11.2 Å². The maximum Gasteiger partial charge on any atom is 0.173 e. The first kappa shape index (κ1) is 11.1. The van der Waals surface area contributed by atoms with Gasteiger partial charge in [0.15, 0.2) is 11.9 Å². The van der Waals surface area contributed by atoms with Crippen LogP contribution < -0.4 is 4.74 Å². The van der Waals surface area contributed by atoms with E-state index in [0.29, 0.717) is 18.8 Å². The molecule has 3 heteroatoms. The molecule has 0 aromatic carbocycles. The zero-order chi connectivity index (χ0) is 11.7.